The third kappa shape index (κ3) is 3.23. The summed E-state index contributed by atoms with van der Waals surface area (Å²) in [5, 5.41) is 2.82. The van der Waals surface area contributed by atoms with E-state index < -0.39 is 11.8 Å². The maximum absolute atomic E-state index is 12.8. The van der Waals surface area contributed by atoms with Crippen molar-refractivity contribution in [2.24, 2.45) is 0 Å². The molecule has 2 amide bonds. The van der Waals surface area contributed by atoms with E-state index in [1.165, 1.54) is 0 Å². The van der Waals surface area contributed by atoms with Crippen LogP contribution in [0.1, 0.15) is 12.5 Å². The van der Waals surface area contributed by atoms with Gasteiger partial charge in [0.05, 0.1) is 12.3 Å². The van der Waals surface area contributed by atoms with Crippen LogP contribution in [0.3, 0.4) is 0 Å². The topological polar surface area (TPSA) is 58.6 Å². The standard InChI is InChI=1S/C19H17ClN2O3/c1-3-25-15-10-5-4-9-14(15)22-18(23)16(20)17(19(22)24)21-13-8-6-7-12(2)11-13/h4-11,21H,3H2,1-2H3. The van der Waals surface area contributed by atoms with Gasteiger partial charge in [-0.2, -0.15) is 0 Å². The molecular weight excluding hydrogens is 340 g/mol. The van der Waals surface area contributed by atoms with Crippen molar-refractivity contribution in [3.8, 4) is 5.75 Å². The van der Waals surface area contributed by atoms with Gasteiger partial charge in [0, 0.05) is 5.69 Å². The van der Waals surface area contributed by atoms with Crippen molar-refractivity contribution < 1.29 is 14.3 Å². The van der Waals surface area contributed by atoms with Crippen LogP contribution in [0, 0.1) is 6.92 Å². The zero-order chi connectivity index (χ0) is 18.0. The fraction of sp³-hybridized carbons (Fsp3) is 0.158. The summed E-state index contributed by atoms with van der Waals surface area (Å²) in [5.74, 6) is -0.634. The Morgan fingerprint density at radius 3 is 2.56 bits per heavy atom. The van der Waals surface area contributed by atoms with Gasteiger partial charge in [-0.1, -0.05) is 35.9 Å². The van der Waals surface area contributed by atoms with Crippen LogP contribution in [0.25, 0.3) is 0 Å². The normalized spacial score (nSPS) is 14.3. The highest BCUT2D eigenvalue weighted by Gasteiger charge is 2.40. The summed E-state index contributed by atoms with van der Waals surface area (Å²) < 4.78 is 5.52. The lowest BCUT2D eigenvalue weighted by molar-refractivity contribution is -0.120. The van der Waals surface area contributed by atoms with Crippen molar-refractivity contribution in [2.45, 2.75) is 13.8 Å². The van der Waals surface area contributed by atoms with Gasteiger partial charge in [0.15, 0.2) is 0 Å². The molecule has 6 heteroatoms. The number of ether oxygens (including phenoxy) is 1. The van der Waals surface area contributed by atoms with Gasteiger partial charge in [0.25, 0.3) is 11.8 Å². The van der Waals surface area contributed by atoms with Crippen LogP contribution in [0.2, 0.25) is 0 Å². The SMILES string of the molecule is CCOc1ccccc1N1C(=O)C(Cl)=C(Nc2cccc(C)c2)C1=O. The zero-order valence-corrected chi connectivity index (χ0v) is 14.6. The van der Waals surface area contributed by atoms with Crippen molar-refractivity contribution in [1.29, 1.82) is 0 Å². The van der Waals surface area contributed by atoms with Gasteiger partial charge in [0.2, 0.25) is 0 Å². The zero-order valence-electron chi connectivity index (χ0n) is 13.9. The van der Waals surface area contributed by atoms with Crippen LogP contribution >= 0.6 is 11.6 Å². The van der Waals surface area contributed by atoms with E-state index in [0.29, 0.717) is 23.7 Å². The second kappa shape index (κ2) is 6.99. The summed E-state index contributed by atoms with van der Waals surface area (Å²) in [6.07, 6.45) is 0. The number of carbonyl (C=O) groups excluding carboxylic acids is 2. The molecule has 3 rings (SSSR count). The minimum atomic E-state index is -0.575. The van der Waals surface area contributed by atoms with Crippen LogP contribution < -0.4 is 15.0 Å². The first-order chi connectivity index (χ1) is 12.0. The summed E-state index contributed by atoms with van der Waals surface area (Å²) in [7, 11) is 0. The number of aryl methyl sites for hydroxylation is 1. The monoisotopic (exact) mass is 356 g/mol. The van der Waals surface area contributed by atoms with Crippen LogP contribution in [0.4, 0.5) is 11.4 Å². The number of imide groups is 1. The average molecular weight is 357 g/mol. The Morgan fingerprint density at radius 1 is 1.08 bits per heavy atom. The van der Waals surface area contributed by atoms with Crippen molar-refractivity contribution in [2.75, 3.05) is 16.8 Å². The molecule has 1 aliphatic heterocycles. The van der Waals surface area contributed by atoms with Crippen molar-refractivity contribution in [1.82, 2.24) is 0 Å². The fourth-order valence-corrected chi connectivity index (χ4v) is 2.83. The molecular formula is C19H17ClN2O3. The number of nitrogens with zero attached hydrogens (tertiary/aromatic N) is 1. The van der Waals surface area contributed by atoms with Crippen LogP contribution in [0.15, 0.2) is 59.3 Å². The first-order valence-electron chi connectivity index (χ1n) is 7.87. The van der Waals surface area contributed by atoms with Crippen LogP contribution in [0.5, 0.6) is 5.75 Å². The van der Waals surface area contributed by atoms with Crippen LogP contribution in [-0.4, -0.2) is 18.4 Å². The Kier molecular flexibility index (Phi) is 4.76. The Morgan fingerprint density at radius 2 is 1.84 bits per heavy atom. The van der Waals surface area contributed by atoms with Crippen LogP contribution in [-0.2, 0) is 9.59 Å². The summed E-state index contributed by atoms with van der Waals surface area (Å²) in [6.45, 7) is 4.19. The second-order valence-corrected chi connectivity index (χ2v) is 5.91. The molecule has 1 heterocycles. The average Bonchev–Trinajstić information content (AvgIpc) is 2.80. The molecule has 2 aromatic rings. The predicted octanol–water partition coefficient (Wildman–Crippen LogP) is 3.83. The largest absolute Gasteiger partial charge is 0.492 e. The van der Waals surface area contributed by atoms with Crippen molar-refractivity contribution in [3.05, 3.63) is 64.8 Å². The fourth-order valence-electron chi connectivity index (χ4n) is 2.62. The first-order valence-corrected chi connectivity index (χ1v) is 8.24. The van der Waals surface area contributed by atoms with E-state index in [4.69, 9.17) is 16.3 Å². The predicted molar refractivity (Wildman–Crippen MR) is 97.8 cm³/mol. The molecule has 0 unspecified atom stereocenters. The smallest absolute Gasteiger partial charge is 0.283 e. The molecule has 2 aromatic carbocycles. The molecule has 0 saturated heterocycles. The number of anilines is 2. The van der Waals surface area contributed by atoms with E-state index >= 15 is 0 Å². The molecule has 1 aliphatic rings. The molecule has 5 nitrogen and oxygen atoms in total. The minimum absolute atomic E-state index is 0.0589. The van der Waals surface area contributed by atoms with E-state index in [-0.39, 0.29) is 10.7 Å². The van der Waals surface area contributed by atoms with Gasteiger partial charge in [-0.15, -0.1) is 0 Å². The number of benzene rings is 2. The Hall–Kier alpha value is -2.79. The quantitative estimate of drug-likeness (QED) is 0.827. The summed E-state index contributed by atoms with van der Waals surface area (Å²) in [5.41, 5.74) is 2.15. The lowest BCUT2D eigenvalue weighted by atomic mass is 10.2. The highest BCUT2D eigenvalue weighted by molar-refractivity contribution is 6.53. The molecule has 0 saturated carbocycles. The molecule has 0 aliphatic carbocycles. The van der Waals surface area contributed by atoms with Gasteiger partial charge >= 0.3 is 0 Å². The second-order valence-electron chi connectivity index (χ2n) is 5.53. The molecule has 0 atom stereocenters. The number of hydrogen-bond acceptors (Lipinski definition) is 4. The molecule has 1 N–H and O–H groups in total. The number of halogens is 1. The molecule has 25 heavy (non-hydrogen) atoms. The van der Waals surface area contributed by atoms with E-state index in [2.05, 4.69) is 5.32 Å². The first kappa shape index (κ1) is 17.0. The number of nitrogens with one attached hydrogen (secondary N) is 1. The van der Waals surface area contributed by atoms with Gasteiger partial charge in [0.1, 0.15) is 16.5 Å². The molecule has 0 aromatic heterocycles. The summed E-state index contributed by atoms with van der Waals surface area (Å²) in [6, 6.07) is 14.3. The lowest BCUT2D eigenvalue weighted by Gasteiger charge is -2.18. The molecule has 128 valence electrons. The van der Waals surface area contributed by atoms with Crippen molar-refractivity contribution >= 4 is 34.8 Å². The highest BCUT2D eigenvalue weighted by Crippen LogP contribution is 2.35. The number of para-hydroxylation sites is 2. The van der Waals surface area contributed by atoms with E-state index in [0.717, 1.165) is 10.5 Å². The number of rotatable bonds is 5. The molecule has 0 spiro atoms. The third-order valence-electron chi connectivity index (χ3n) is 3.72. The van der Waals surface area contributed by atoms with Gasteiger partial charge in [-0.05, 0) is 43.7 Å². The van der Waals surface area contributed by atoms with E-state index in [1.807, 2.05) is 32.0 Å². The Balaban J connectivity index is 1.94. The Labute approximate surface area is 150 Å². The van der Waals surface area contributed by atoms with E-state index in [1.54, 1.807) is 30.3 Å². The van der Waals surface area contributed by atoms with Gasteiger partial charge < -0.3 is 10.1 Å². The third-order valence-corrected chi connectivity index (χ3v) is 4.07. The molecule has 0 bridgehead atoms. The molecule has 0 fully saturated rings. The maximum Gasteiger partial charge on any atom is 0.283 e. The highest BCUT2D eigenvalue weighted by atomic mass is 35.5. The lowest BCUT2D eigenvalue weighted by Crippen LogP contribution is -2.32. The number of hydrogen-bond donors (Lipinski definition) is 1. The Bertz CT molecular complexity index is 876. The molecule has 0 radical (unpaired) electrons. The summed E-state index contributed by atoms with van der Waals surface area (Å²) >= 11 is 6.15. The minimum Gasteiger partial charge on any atom is -0.492 e. The summed E-state index contributed by atoms with van der Waals surface area (Å²) in [4.78, 5) is 26.4. The van der Waals surface area contributed by atoms with Gasteiger partial charge in [-0.3, -0.25) is 9.59 Å². The van der Waals surface area contributed by atoms with Crippen molar-refractivity contribution in [3.63, 3.8) is 0 Å². The van der Waals surface area contributed by atoms with E-state index in [9.17, 15) is 9.59 Å². The number of carbonyl (C=O) groups is 2. The maximum atomic E-state index is 12.8. The number of amides is 2. The van der Waals surface area contributed by atoms with Gasteiger partial charge in [-0.25, -0.2) is 4.90 Å².